The highest BCUT2D eigenvalue weighted by Crippen LogP contribution is 2.29. The topological polar surface area (TPSA) is 73.6 Å². The number of carbonyl (C=O) groups is 1. The van der Waals surface area contributed by atoms with E-state index in [1.165, 1.54) is 6.26 Å². The number of benzene rings is 1. The van der Waals surface area contributed by atoms with Crippen LogP contribution in [0.1, 0.15) is 17.4 Å². The van der Waals surface area contributed by atoms with Gasteiger partial charge in [-0.25, -0.2) is 4.79 Å². The van der Waals surface area contributed by atoms with Crippen LogP contribution in [0.4, 0.5) is 11.7 Å². The zero-order valence-electron chi connectivity index (χ0n) is 11.0. The second kappa shape index (κ2) is 6.42. The second-order valence-corrected chi connectivity index (χ2v) is 4.59. The number of hydrogen-bond donors (Lipinski definition) is 1. The average Bonchev–Trinajstić information content (AvgIpc) is 2.88. The lowest BCUT2D eigenvalue weighted by molar-refractivity contribution is 0.0519. The molecule has 0 saturated carbocycles. The summed E-state index contributed by atoms with van der Waals surface area (Å²) in [4.78, 5) is 15.4. The predicted molar refractivity (Wildman–Crippen MR) is 76.4 cm³/mol. The van der Waals surface area contributed by atoms with Crippen molar-refractivity contribution in [2.75, 3.05) is 19.0 Å². The lowest BCUT2D eigenvalue weighted by Crippen LogP contribution is -2.05. The summed E-state index contributed by atoms with van der Waals surface area (Å²) in [5.41, 5.74) is 0.872. The minimum atomic E-state index is -0.514. The number of nitrogens with zero attached hydrogens (tertiary/aromatic N) is 1. The van der Waals surface area contributed by atoms with Crippen molar-refractivity contribution in [1.82, 2.24) is 4.98 Å². The fourth-order valence-corrected chi connectivity index (χ4v) is 2.04. The molecule has 0 radical (unpaired) electrons. The Kier molecular flexibility index (Phi) is 4.62. The number of hydrogen-bond acceptors (Lipinski definition) is 6. The number of ether oxygens (including phenoxy) is 2. The third kappa shape index (κ3) is 3.30. The molecular formula is C13H13BrN2O4. The molecule has 0 atom stereocenters. The molecule has 0 aliphatic carbocycles. The van der Waals surface area contributed by atoms with Crippen molar-refractivity contribution in [3.05, 3.63) is 34.6 Å². The number of carbonyl (C=O) groups excluding carboxylic acids is 1. The number of anilines is 2. The first kappa shape index (κ1) is 14.4. The third-order valence-corrected chi connectivity index (χ3v) is 3.01. The lowest BCUT2D eigenvalue weighted by Gasteiger charge is -2.06. The fourth-order valence-electron chi connectivity index (χ4n) is 1.50. The van der Waals surface area contributed by atoms with Gasteiger partial charge in [0.05, 0.1) is 18.2 Å². The van der Waals surface area contributed by atoms with Crippen molar-refractivity contribution in [3.63, 3.8) is 0 Å². The number of methoxy groups -OCH3 is 1. The highest BCUT2D eigenvalue weighted by molar-refractivity contribution is 9.10. The standard InChI is InChI=1S/C13H13BrN2O4/c1-3-19-12(17)10-7-20-13(16-10)15-8-4-5-11(18-2)9(14)6-8/h4-7H,3H2,1-2H3,(H,15,16). The number of aromatic nitrogens is 1. The molecule has 0 bridgehead atoms. The van der Waals surface area contributed by atoms with E-state index in [0.717, 1.165) is 15.9 Å². The first-order valence-corrected chi connectivity index (χ1v) is 6.66. The third-order valence-electron chi connectivity index (χ3n) is 2.39. The molecule has 1 N–H and O–H groups in total. The van der Waals surface area contributed by atoms with E-state index in [0.29, 0.717) is 6.61 Å². The first-order valence-electron chi connectivity index (χ1n) is 5.87. The summed E-state index contributed by atoms with van der Waals surface area (Å²) in [6.07, 6.45) is 1.25. The summed E-state index contributed by atoms with van der Waals surface area (Å²) in [6, 6.07) is 5.62. The van der Waals surface area contributed by atoms with Crippen LogP contribution in [-0.4, -0.2) is 24.7 Å². The van der Waals surface area contributed by atoms with Gasteiger partial charge >= 0.3 is 5.97 Å². The Labute approximate surface area is 124 Å². The van der Waals surface area contributed by atoms with Gasteiger partial charge in [0.25, 0.3) is 6.01 Å². The van der Waals surface area contributed by atoms with Gasteiger partial charge in [-0.2, -0.15) is 4.98 Å². The van der Waals surface area contributed by atoms with Crippen LogP contribution >= 0.6 is 15.9 Å². The Hall–Kier alpha value is -2.02. The molecular weight excluding hydrogens is 328 g/mol. The molecule has 1 heterocycles. The van der Waals surface area contributed by atoms with Gasteiger partial charge in [-0.05, 0) is 41.1 Å². The van der Waals surface area contributed by atoms with E-state index in [-0.39, 0.29) is 11.7 Å². The number of rotatable bonds is 5. The van der Waals surface area contributed by atoms with Crippen molar-refractivity contribution in [3.8, 4) is 5.75 Å². The van der Waals surface area contributed by atoms with E-state index >= 15 is 0 Å². The summed E-state index contributed by atoms with van der Waals surface area (Å²) in [7, 11) is 1.59. The Morgan fingerprint density at radius 2 is 2.30 bits per heavy atom. The quantitative estimate of drug-likeness (QED) is 0.841. The lowest BCUT2D eigenvalue weighted by atomic mass is 10.3. The van der Waals surface area contributed by atoms with E-state index < -0.39 is 5.97 Å². The number of oxazole rings is 1. The van der Waals surface area contributed by atoms with Crippen LogP contribution in [0.2, 0.25) is 0 Å². The number of esters is 1. The summed E-state index contributed by atoms with van der Waals surface area (Å²) >= 11 is 3.38. The molecule has 0 saturated heterocycles. The van der Waals surface area contributed by atoms with Gasteiger partial charge in [0, 0.05) is 5.69 Å². The van der Waals surface area contributed by atoms with E-state index in [1.807, 2.05) is 6.07 Å². The molecule has 6 nitrogen and oxygen atoms in total. The molecule has 0 aliphatic rings. The molecule has 0 unspecified atom stereocenters. The second-order valence-electron chi connectivity index (χ2n) is 3.73. The molecule has 20 heavy (non-hydrogen) atoms. The Balaban J connectivity index is 2.10. The normalized spacial score (nSPS) is 10.2. The van der Waals surface area contributed by atoms with Crippen LogP contribution in [0.15, 0.2) is 33.4 Å². The minimum Gasteiger partial charge on any atom is -0.496 e. The maximum atomic E-state index is 11.5. The van der Waals surface area contributed by atoms with Crippen molar-refractivity contribution < 1.29 is 18.7 Å². The molecule has 0 aliphatic heterocycles. The van der Waals surface area contributed by atoms with Crippen LogP contribution in [-0.2, 0) is 4.74 Å². The molecule has 1 aromatic heterocycles. The Morgan fingerprint density at radius 3 is 2.95 bits per heavy atom. The van der Waals surface area contributed by atoms with Gasteiger partial charge in [0.15, 0.2) is 5.69 Å². The molecule has 2 rings (SSSR count). The van der Waals surface area contributed by atoms with Gasteiger partial charge in [0.2, 0.25) is 0 Å². The van der Waals surface area contributed by atoms with Crippen molar-refractivity contribution >= 4 is 33.6 Å². The van der Waals surface area contributed by atoms with Crippen LogP contribution in [0, 0.1) is 0 Å². The first-order chi connectivity index (χ1) is 9.63. The van der Waals surface area contributed by atoms with Crippen molar-refractivity contribution in [2.45, 2.75) is 6.92 Å². The maximum Gasteiger partial charge on any atom is 0.360 e. The highest BCUT2D eigenvalue weighted by atomic mass is 79.9. The van der Waals surface area contributed by atoms with Crippen molar-refractivity contribution in [2.24, 2.45) is 0 Å². The number of halogens is 1. The largest absolute Gasteiger partial charge is 0.496 e. The zero-order chi connectivity index (χ0) is 14.5. The van der Waals surface area contributed by atoms with E-state index in [4.69, 9.17) is 13.9 Å². The predicted octanol–water partition coefficient (Wildman–Crippen LogP) is 3.37. The maximum absolute atomic E-state index is 11.5. The van der Waals surface area contributed by atoms with Crippen LogP contribution in [0.5, 0.6) is 5.75 Å². The van der Waals surface area contributed by atoms with E-state index in [2.05, 4.69) is 26.2 Å². The Bertz CT molecular complexity index is 612. The molecule has 0 amide bonds. The molecule has 106 valence electrons. The van der Waals surface area contributed by atoms with Gasteiger partial charge in [0.1, 0.15) is 12.0 Å². The molecule has 7 heteroatoms. The SMILES string of the molecule is CCOC(=O)c1coc(Nc2ccc(OC)c(Br)c2)n1. The summed E-state index contributed by atoms with van der Waals surface area (Å²) in [6.45, 7) is 2.02. The van der Waals surface area contributed by atoms with E-state index in [9.17, 15) is 4.79 Å². The summed E-state index contributed by atoms with van der Waals surface area (Å²) in [5.74, 6) is 0.204. The number of nitrogens with one attached hydrogen (secondary N) is 1. The van der Waals surface area contributed by atoms with Crippen molar-refractivity contribution in [1.29, 1.82) is 0 Å². The Morgan fingerprint density at radius 1 is 1.50 bits per heavy atom. The van der Waals surface area contributed by atoms with Gasteiger partial charge < -0.3 is 19.2 Å². The summed E-state index contributed by atoms with van der Waals surface area (Å²) in [5, 5.41) is 2.94. The van der Waals surface area contributed by atoms with Gasteiger partial charge in [-0.15, -0.1) is 0 Å². The van der Waals surface area contributed by atoms with Crippen LogP contribution in [0.3, 0.4) is 0 Å². The minimum absolute atomic E-state index is 0.127. The van der Waals surface area contributed by atoms with Crippen LogP contribution < -0.4 is 10.1 Å². The molecule has 0 fully saturated rings. The zero-order valence-corrected chi connectivity index (χ0v) is 12.6. The average molecular weight is 341 g/mol. The molecule has 2 aromatic rings. The van der Waals surface area contributed by atoms with Crippen LogP contribution in [0.25, 0.3) is 0 Å². The summed E-state index contributed by atoms with van der Waals surface area (Å²) < 4.78 is 15.9. The molecule has 1 aromatic carbocycles. The monoisotopic (exact) mass is 340 g/mol. The smallest absolute Gasteiger partial charge is 0.360 e. The van der Waals surface area contributed by atoms with Gasteiger partial charge in [-0.3, -0.25) is 0 Å². The van der Waals surface area contributed by atoms with Gasteiger partial charge in [-0.1, -0.05) is 0 Å². The highest BCUT2D eigenvalue weighted by Gasteiger charge is 2.13. The fraction of sp³-hybridized carbons (Fsp3) is 0.231. The van der Waals surface area contributed by atoms with E-state index in [1.54, 1.807) is 26.2 Å². The molecule has 0 spiro atoms.